The molecule has 1 amide bonds. The molecule has 0 unspecified atom stereocenters. The minimum Gasteiger partial charge on any atom is -0.480 e. The number of carbonyl (C=O) groups is 1. The van der Waals surface area contributed by atoms with Crippen LogP contribution in [-0.4, -0.2) is 55.8 Å². The predicted molar refractivity (Wildman–Crippen MR) is 96.3 cm³/mol. The molecule has 1 atom stereocenters. The Hall–Kier alpha value is -2.52. The van der Waals surface area contributed by atoms with E-state index in [2.05, 4.69) is 0 Å². The lowest BCUT2D eigenvalue weighted by molar-refractivity contribution is -0.139. The van der Waals surface area contributed by atoms with Gasteiger partial charge in [0.1, 0.15) is 22.3 Å². The van der Waals surface area contributed by atoms with E-state index in [1.54, 1.807) is 11.0 Å². The molecule has 2 aromatic rings. The van der Waals surface area contributed by atoms with Crippen molar-refractivity contribution in [2.45, 2.75) is 17.4 Å². The fourth-order valence-electron chi connectivity index (χ4n) is 3.49. The van der Waals surface area contributed by atoms with Crippen molar-refractivity contribution in [2.24, 2.45) is 0 Å². The molecular weight excluding hydrogens is 390 g/mol. The highest BCUT2D eigenvalue weighted by Gasteiger charge is 2.36. The van der Waals surface area contributed by atoms with Crippen LogP contribution in [0.5, 0.6) is 5.75 Å². The molecule has 0 spiro atoms. The van der Waals surface area contributed by atoms with Crippen LogP contribution in [0.4, 0.5) is 8.78 Å². The molecule has 0 bridgehead atoms. The maximum atomic E-state index is 13.9. The zero-order chi connectivity index (χ0) is 19.9. The van der Waals surface area contributed by atoms with Crippen LogP contribution in [0.15, 0.2) is 47.4 Å². The average Bonchev–Trinajstić information content (AvgIpc) is 3.13. The maximum Gasteiger partial charge on any atom is 0.264 e. The molecule has 28 heavy (non-hydrogen) atoms. The predicted octanol–water partition coefficient (Wildman–Crippen LogP) is 1.80. The number of rotatable bonds is 3. The molecule has 6 nitrogen and oxygen atoms in total. The minimum absolute atomic E-state index is 0.00367. The Morgan fingerprint density at radius 1 is 1.04 bits per heavy atom. The Morgan fingerprint density at radius 3 is 2.46 bits per heavy atom. The first-order chi connectivity index (χ1) is 13.4. The molecule has 0 aromatic heterocycles. The zero-order valence-electron chi connectivity index (χ0n) is 14.8. The number of hydrogen-bond acceptors (Lipinski definition) is 4. The van der Waals surface area contributed by atoms with Gasteiger partial charge in [-0.3, -0.25) is 4.79 Å². The van der Waals surface area contributed by atoms with Crippen molar-refractivity contribution in [2.75, 3.05) is 26.2 Å². The Bertz CT molecular complexity index is 995. The standard InChI is InChI=1S/C19H18F2N2O4S/c20-14-5-6-15(21)18(12-14)28(25,26)23-9-7-22(8-10-23)19(24)17-11-13-3-1-2-4-16(13)27-17/h1-6,12,17H,7-11H2/t17-/m0/s1. The molecule has 2 aliphatic heterocycles. The quantitative estimate of drug-likeness (QED) is 0.777. The fraction of sp³-hybridized carbons (Fsp3) is 0.316. The number of carbonyl (C=O) groups excluding carboxylic acids is 1. The van der Waals surface area contributed by atoms with Crippen LogP contribution < -0.4 is 4.74 Å². The van der Waals surface area contributed by atoms with E-state index in [-0.39, 0.29) is 32.1 Å². The van der Waals surface area contributed by atoms with Gasteiger partial charge in [0.2, 0.25) is 10.0 Å². The molecule has 2 aromatic carbocycles. The lowest BCUT2D eigenvalue weighted by Crippen LogP contribution is -2.53. The lowest BCUT2D eigenvalue weighted by Gasteiger charge is -2.35. The van der Waals surface area contributed by atoms with E-state index < -0.39 is 32.7 Å². The average molecular weight is 408 g/mol. The topological polar surface area (TPSA) is 66.9 Å². The Morgan fingerprint density at radius 2 is 1.75 bits per heavy atom. The van der Waals surface area contributed by atoms with Crippen LogP contribution in [0.3, 0.4) is 0 Å². The highest BCUT2D eigenvalue weighted by molar-refractivity contribution is 7.89. The zero-order valence-corrected chi connectivity index (χ0v) is 15.7. The van der Waals surface area contributed by atoms with E-state index in [9.17, 15) is 22.0 Å². The number of halogens is 2. The van der Waals surface area contributed by atoms with Crippen LogP contribution in [0.25, 0.3) is 0 Å². The van der Waals surface area contributed by atoms with Gasteiger partial charge in [0.05, 0.1) is 0 Å². The summed E-state index contributed by atoms with van der Waals surface area (Å²) in [5.74, 6) is -1.35. The van der Waals surface area contributed by atoms with Gasteiger partial charge in [-0.2, -0.15) is 4.31 Å². The van der Waals surface area contributed by atoms with Gasteiger partial charge in [0.25, 0.3) is 5.91 Å². The first-order valence-electron chi connectivity index (χ1n) is 8.85. The largest absolute Gasteiger partial charge is 0.480 e. The van der Waals surface area contributed by atoms with E-state index >= 15 is 0 Å². The number of para-hydroxylation sites is 1. The molecule has 2 aliphatic rings. The molecule has 2 heterocycles. The number of piperazine rings is 1. The van der Waals surface area contributed by atoms with Gasteiger partial charge in [0.15, 0.2) is 6.10 Å². The van der Waals surface area contributed by atoms with Crippen molar-refractivity contribution in [1.29, 1.82) is 0 Å². The van der Waals surface area contributed by atoms with Crippen molar-refractivity contribution >= 4 is 15.9 Å². The molecular formula is C19H18F2N2O4S. The third-order valence-electron chi connectivity index (χ3n) is 4.98. The van der Waals surface area contributed by atoms with Crippen molar-refractivity contribution in [3.8, 4) is 5.75 Å². The van der Waals surface area contributed by atoms with E-state index in [0.717, 1.165) is 22.0 Å². The minimum atomic E-state index is -4.18. The molecule has 0 radical (unpaired) electrons. The molecule has 0 aliphatic carbocycles. The van der Waals surface area contributed by atoms with Gasteiger partial charge >= 0.3 is 0 Å². The second-order valence-corrected chi connectivity index (χ2v) is 8.63. The third-order valence-corrected chi connectivity index (χ3v) is 6.90. The van der Waals surface area contributed by atoms with Gasteiger partial charge < -0.3 is 9.64 Å². The van der Waals surface area contributed by atoms with Crippen LogP contribution in [0, 0.1) is 11.6 Å². The number of nitrogens with zero attached hydrogens (tertiary/aromatic N) is 2. The summed E-state index contributed by atoms with van der Waals surface area (Å²) in [6.45, 7) is 0.323. The normalized spacial score (nSPS) is 19.9. The first-order valence-corrected chi connectivity index (χ1v) is 10.3. The number of amides is 1. The smallest absolute Gasteiger partial charge is 0.264 e. The number of fused-ring (bicyclic) bond motifs is 1. The molecule has 1 fully saturated rings. The summed E-state index contributed by atoms with van der Waals surface area (Å²) < 4.78 is 59.3. The molecule has 4 rings (SSSR count). The monoisotopic (exact) mass is 408 g/mol. The van der Waals surface area contributed by atoms with E-state index in [1.165, 1.54) is 0 Å². The summed E-state index contributed by atoms with van der Waals surface area (Å²) in [6.07, 6.45) is -0.150. The maximum absolute atomic E-state index is 13.9. The second kappa shape index (κ2) is 7.14. The van der Waals surface area contributed by atoms with Gasteiger partial charge in [-0.05, 0) is 29.8 Å². The van der Waals surface area contributed by atoms with E-state index in [1.807, 2.05) is 18.2 Å². The summed E-state index contributed by atoms with van der Waals surface area (Å²) in [5.41, 5.74) is 0.962. The summed E-state index contributed by atoms with van der Waals surface area (Å²) in [6, 6.07) is 9.75. The van der Waals surface area contributed by atoms with Crippen LogP contribution >= 0.6 is 0 Å². The van der Waals surface area contributed by atoms with Gasteiger partial charge in [-0.25, -0.2) is 17.2 Å². The second-order valence-electron chi connectivity index (χ2n) is 6.72. The molecule has 0 N–H and O–H groups in total. The molecule has 0 saturated carbocycles. The Balaban J connectivity index is 1.42. The highest BCUT2D eigenvalue weighted by atomic mass is 32.2. The number of hydrogen-bond donors (Lipinski definition) is 0. The van der Waals surface area contributed by atoms with Crippen molar-refractivity contribution in [1.82, 2.24) is 9.21 Å². The van der Waals surface area contributed by atoms with Crippen LogP contribution in [-0.2, 0) is 21.2 Å². The molecule has 9 heteroatoms. The number of benzene rings is 2. The SMILES string of the molecule is O=C([C@@H]1Cc2ccccc2O1)N1CCN(S(=O)(=O)c2cc(F)ccc2F)CC1. The number of ether oxygens (including phenoxy) is 1. The third kappa shape index (κ3) is 3.35. The van der Waals surface area contributed by atoms with Crippen LogP contribution in [0.2, 0.25) is 0 Å². The summed E-state index contributed by atoms with van der Waals surface area (Å²) in [4.78, 5) is 13.6. The number of sulfonamides is 1. The Kier molecular flexibility index (Phi) is 4.80. The Labute approximate surface area is 161 Å². The molecule has 1 saturated heterocycles. The summed E-state index contributed by atoms with van der Waals surface area (Å²) >= 11 is 0. The van der Waals surface area contributed by atoms with E-state index in [0.29, 0.717) is 18.2 Å². The lowest BCUT2D eigenvalue weighted by atomic mass is 10.1. The van der Waals surface area contributed by atoms with Crippen molar-refractivity contribution in [3.05, 3.63) is 59.7 Å². The fourth-order valence-corrected chi connectivity index (χ4v) is 4.98. The van der Waals surface area contributed by atoms with E-state index in [4.69, 9.17) is 4.74 Å². The summed E-state index contributed by atoms with van der Waals surface area (Å²) in [5, 5.41) is 0. The molecule has 148 valence electrons. The van der Waals surface area contributed by atoms with Crippen LogP contribution in [0.1, 0.15) is 5.56 Å². The summed E-state index contributed by atoms with van der Waals surface area (Å²) in [7, 11) is -4.18. The van der Waals surface area contributed by atoms with Gasteiger partial charge in [-0.1, -0.05) is 18.2 Å². The highest BCUT2D eigenvalue weighted by Crippen LogP contribution is 2.29. The first kappa shape index (κ1) is 18.8. The van der Waals surface area contributed by atoms with Crippen molar-refractivity contribution in [3.63, 3.8) is 0 Å². The van der Waals surface area contributed by atoms with Crippen molar-refractivity contribution < 1.29 is 26.7 Å². The van der Waals surface area contributed by atoms with Gasteiger partial charge in [0, 0.05) is 32.6 Å². The van der Waals surface area contributed by atoms with Gasteiger partial charge in [-0.15, -0.1) is 0 Å².